The number of rotatable bonds is 5. The van der Waals surface area contributed by atoms with Crippen molar-refractivity contribution >= 4 is 34.2 Å². The normalized spacial score (nSPS) is 17.4. The number of amides is 1. The molecule has 0 aliphatic carbocycles. The molecule has 134 valence electrons. The molecule has 1 amide bonds. The van der Waals surface area contributed by atoms with Crippen molar-refractivity contribution in [2.45, 2.75) is 38.6 Å². The molecular weight excluding hydrogens is 346 g/mol. The molecule has 1 saturated heterocycles. The van der Waals surface area contributed by atoms with Crippen LogP contribution in [0.1, 0.15) is 37.9 Å². The first kappa shape index (κ1) is 17.1. The van der Waals surface area contributed by atoms with Crippen molar-refractivity contribution in [3.05, 3.63) is 59.4 Å². The fourth-order valence-corrected chi connectivity index (χ4v) is 3.83. The molecule has 0 radical (unpaired) electrons. The van der Waals surface area contributed by atoms with Gasteiger partial charge < -0.3 is 9.47 Å². The van der Waals surface area contributed by atoms with Crippen molar-refractivity contribution < 1.29 is 4.79 Å². The summed E-state index contributed by atoms with van der Waals surface area (Å²) in [4.78, 5) is 19.4. The van der Waals surface area contributed by atoms with E-state index in [4.69, 9.17) is 16.6 Å². The van der Waals surface area contributed by atoms with Crippen LogP contribution in [0.15, 0.2) is 48.5 Å². The van der Waals surface area contributed by atoms with Crippen LogP contribution in [-0.4, -0.2) is 22.0 Å². The van der Waals surface area contributed by atoms with Gasteiger partial charge >= 0.3 is 0 Å². The molecule has 0 unspecified atom stereocenters. The van der Waals surface area contributed by atoms with Crippen molar-refractivity contribution in [1.82, 2.24) is 9.55 Å². The smallest absolute Gasteiger partial charge is 0.227 e. The Labute approximate surface area is 158 Å². The number of unbranched alkanes of at least 4 members (excludes halogenated alkanes) is 1. The van der Waals surface area contributed by atoms with E-state index in [1.54, 1.807) is 0 Å². The summed E-state index contributed by atoms with van der Waals surface area (Å²) in [7, 11) is 0. The third-order valence-electron chi connectivity index (χ3n) is 5.05. The number of benzene rings is 2. The van der Waals surface area contributed by atoms with Gasteiger partial charge in [-0.05, 0) is 42.8 Å². The Balaban J connectivity index is 1.67. The quantitative estimate of drug-likeness (QED) is 0.635. The van der Waals surface area contributed by atoms with Gasteiger partial charge in [-0.15, -0.1) is 0 Å². The number of hydrogen-bond donors (Lipinski definition) is 0. The van der Waals surface area contributed by atoms with Crippen LogP contribution in [0.5, 0.6) is 0 Å². The lowest BCUT2D eigenvalue weighted by molar-refractivity contribution is -0.117. The predicted molar refractivity (Wildman–Crippen MR) is 106 cm³/mol. The number of aromatic nitrogens is 2. The minimum absolute atomic E-state index is 0.113. The van der Waals surface area contributed by atoms with E-state index in [0.29, 0.717) is 18.0 Å². The average molecular weight is 368 g/mol. The van der Waals surface area contributed by atoms with Crippen LogP contribution in [0.4, 0.5) is 5.69 Å². The van der Waals surface area contributed by atoms with Crippen molar-refractivity contribution in [3.8, 4) is 0 Å². The summed E-state index contributed by atoms with van der Waals surface area (Å²) in [5, 5.41) is 0.679. The second kappa shape index (κ2) is 7.12. The molecule has 3 aromatic rings. The molecule has 0 bridgehead atoms. The van der Waals surface area contributed by atoms with Gasteiger partial charge in [-0.2, -0.15) is 0 Å². The van der Waals surface area contributed by atoms with E-state index in [9.17, 15) is 4.79 Å². The van der Waals surface area contributed by atoms with Crippen molar-refractivity contribution in [2.75, 3.05) is 11.4 Å². The number of halogens is 1. The highest BCUT2D eigenvalue weighted by atomic mass is 35.5. The number of imidazole rings is 1. The maximum atomic E-state index is 12.6. The highest BCUT2D eigenvalue weighted by Crippen LogP contribution is 2.33. The Kier molecular flexibility index (Phi) is 4.68. The molecule has 1 atom stereocenters. The summed E-state index contributed by atoms with van der Waals surface area (Å²) in [5.74, 6) is 1.29. The standard InChI is InChI=1S/C21H22ClN3O/c1-2-3-12-24-19-7-5-4-6-18(19)23-21(24)15-13-20(26)25(14-15)17-10-8-16(22)9-11-17/h4-11,15H,2-3,12-14H2,1H3/t15-/m0/s1. The van der Waals surface area contributed by atoms with Gasteiger partial charge in [0.2, 0.25) is 5.91 Å². The van der Waals surface area contributed by atoms with E-state index >= 15 is 0 Å². The summed E-state index contributed by atoms with van der Waals surface area (Å²) in [5.41, 5.74) is 3.07. The predicted octanol–water partition coefficient (Wildman–Crippen LogP) is 5.01. The molecule has 5 heteroatoms. The molecule has 2 aromatic carbocycles. The van der Waals surface area contributed by atoms with Crippen LogP contribution < -0.4 is 4.90 Å². The minimum Gasteiger partial charge on any atom is -0.328 e. The fourth-order valence-electron chi connectivity index (χ4n) is 3.71. The highest BCUT2D eigenvalue weighted by molar-refractivity contribution is 6.30. The second-order valence-electron chi connectivity index (χ2n) is 6.85. The number of carbonyl (C=O) groups excluding carboxylic acids is 1. The molecule has 0 N–H and O–H groups in total. The number of aryl methyl sites for hydroxylation is 1. The number of fused-ring (bicyclic) bond motifs is 1. The average Bonchev–Trinajstić information content (AvgIpc) is 3.21. The monoisotopic (exact) mass is 367 g/mol. The Morgan fingerprint density at radius 2 is 1.92 bits per heavy atom. The van der Waals surface area contributed by atoms with Crippen molar-refractivity contribution in [3.63, 3.8) is 0 Å². The second-order valence-corrected chi connectivity index (χ2v) is 7.28. The number of para-hydroxylation sites is 2. The molecule has 1 fully saturated rings. The number of hydrogen-bond acceptors (Lipinski definition) is 2. The molecule has 1 aliphatic heterocycles. The van der Waals surface area contributed by atoms with E-state index < -0.39 is 0 Å². The van der Waals surface area contributed by atoms with Gasteiger partial charge in [-0.3, -0.25) is 4.79 Å². The van der Waals surface area contributed by atoms with E-state index in [2.05, 4.69) is 29.7 Å². The molecule has 0 saturated carbocycles. The number of anilines is 1. The molecule has 26 heavy (non-hydrogen) atoms. The van der Waals surface area contributed by atoms with Gasteiger partial charge in [0.1, 0.15) is 5.82 Å². The van der Waals surface area contributed by atoms with Crippen LogP contribution >= 0.6 is 11.6 Å². The summed E-state index contributed by atoms with van der Waals surface area (Å²) in [6, 6.07) is 15.7. The van der Waals surface area contributed by atoms with Crippen molar-refractivity contribution in [1.29, 1.82) is 0 Å². The SMILES string of the molecule is CCCCn1c([C@H]2CC(=O)N(c3ccc(Cl)cc3)C2)nc2ccccc21. The number of nitrogens with zero attached hydrogens (tertiary/aromatic N) is 3. The van der Waals surface area contributed by atoms with Crippen LogP contribution in [-0.2, 0) is 11.3 Å². The molecule has 1 aliphatic rings. The van der Waals surface area contributed by atoms with E-state index in [-0.39, 0.29) is 11.8 Å². The van der Waals surface area contributed by atoms with Gasteiger partial charge in [-0.1, -0.05) is 37.1 Å². The van der Waals surface area contributed by atoms with Crippen molar-refractivity contribution in [2.24, 2.45) is 0 Å². The zero-order valence-corrected chi connectivity index (χ0v) is 15.6. The lowest BCUT2D eigenvalue weighted by Gasteiger charge is -2.17. The van der Waals surface area contributed by atoms with E-state index in [1.807, 2.05) is 35.2 Å². The summed E-state index contributed by atoms with van der Waals surface area (Å²) in [6.07, 6.45) is 2.74. The van der Waals surface area contributed by atoms with E-state index in [1.165, 1.54) is 0 Å². The maximum absolute atomic E-state index is 12.6. The first-order valence-electron chi connectivity index (χ1n) is 9.18. The molecule has 4 rings (SSSR count). The first-order valence-corrected chi connectivity index (χ1v) is 9.56. The first-order chi connectivity index (χ1) is 12.7. The Morgan fingerprint density at radius 3 is 2.69 bits per heavy atom. The third-order valence-corrected chi connectivity index (χ3v) is 5.30. The van der Waals surface area contributed by atoms with E-state index in [0.717, 1.165) is 41.9 Å². The van der Waals surface area contributed by atoms with Crippen LogP contribution in [0, 0.1) is 0 Å². The van der Waals surface area contributed by atoms with Gasteiger partial charge in [0.15, 0.2) is 0 Å². The fraction of sp³-hybridized carbons (Fsp3) is 0.333. The molecule has 2 heterocycles. The lowest BCUT2D eigenvalue weighted by atomic mass is 10.1. The largest absolute Gasteiger partial charge is 0.328 e. The summed E-state index contributed by atoms with van der Waals surface area (Å²) >= 11 is 5.98. The summed E-state index contributed by atoms with van der Waals surface area (Å²) in [6.45, 7) is 3.80. The van der Waals surface area contributed by atoms with Gasteiger partial charge in [-0.25, -0.2) is 4.98 Å². The lowest BCUT2D eigenvalue weighted by Crippen LogP contribution is -2.24. The molecule has 1 aromatic heterocycles. The number of carbonyl (C=O) groups is 1. The van der Waals surface area contributed by atoms with Gasteiger partial charge in [0, 0.05) is 36.1 Å². The Hall–Kier alpha value is -2.33. The van der Waals surface area contributed by atoms with Gasteiger partial charge in [0.25, 0.3) is 0 Å². The molecular formula is C21H22ClN3O. The highest BCUT2D eigenvalue weighted by Gasteiger charge is 2.34. The summed E-state index contributed by atoms with van der Waals surface area (Å²) < 4.78 is 2.31. The molecule has 0 spiro atoms. The van der Waals surface area contributed by atoms with Crippen LogP contribution in [0.3, 0.4) is 0 Å². The maximum Gasteiger partial charge on any atom is 0.227 e. The Bertz CT molecular complexity index is 932. The Morgan fingerprint density at radius 1 is 1.15 bits per heavy atom. The van der Waals surface area contributed by atoms with Gasteiger partial charge in [0.05, 0.1) is 11.0 Å². The zero-order valence-electron chi connectivity index (χ0n) is 14.9. The van der Waals surface area contributed by atoms with Crippen LogP contribution in [0.2, 0.25) is 5.02 Å². The minimum atomic E-state index is 0.113. The zero-order chi connectivity index (χ0) is 18.1. The molecule has 4 nitrogen and oxygen atoms in total. The van der Waals surface area contributed by atoms with Crippen LogP contribution in [0.25, 0.3) is 11.0 Å². The topological polar surface area (TPSA) is 38.1 Å². The third kappa shape index (κ3) is 3.10.